The summed E-state index contributed by atoms with van der Waals surface area (Å²) in [7, 11) is 1.15. The number of rotatable bonds is 2. The lowest BCUT2D eigenvalue weighted by Gasteiger charge is -2.05. The van der Waals surface area contributed by atoms with Crippen LogP contribution in [0.25, 0.3) is 0 Å². The Bertz CT molecular complexity index is 525. The molecule has 1 aromatic rings. The first-order valence-corrected chi connectivity index (χ1v) is 5.38. The monoisotopic (exact) mass is 248 g/mol. The normalized spacial score (nSPS) is 12.6. The van der Waals surface area contributed by atoms with Crippen LogP contribution in [-0.2, 0) is 32.1 Å². The van der Waals surface area contributed by atoms with Crippen molar-refractivity contribution in [2.75, 3.05) is 12.4 Å². The van der Waals surface area contributed by atoms with Crippen LogP contribution in [0.4, 0.5) is 5.69 Å². The first-order chi connectivity index (χ1) is 8.60. The zero-order valence-corrected chi connectivity index (χ0v) is 9.78. The third-order valence-corrected chi connectivity index (χ3v) is 2.62. The van der Waals surface area contributed by atoms with Gasteiger partial charge in [-0.15, -0.1) is 0 Å². The smallest absolute Gasteiger partial charge is 0.396 e. The highest BCUT2D eigenvalue weighted by Crippen LogP contribution is 2.23. The van der Waals surface area contributed by atoms with Gasteiger partial charge in [0.2, 0.25) is 5.91 Å². The Morgan fingerprint density at radius 3 is 2.94 bits per heavy atom. The van der Waals surface area contributed by atoms with E-state index in [9.17, 15) is 14.4 Å². The summed E-state index contributed by atoms with van der Waals surface area (Å²) in [5, 5.41) is 5.15. The first-order valence-electron chi connectivity index (χ1n) is 5.38. The predicted molar refractivity (Wildman–Crippen MR) is 62.6 cm³/mol. The zero-order valence-electron chi connectivity index (χ0n) is 9.78. The summed E-state index contributed by atoms with van der Waals surface area (Å²) in [6.07, 6.45) is 0.341. The molecule has 0 spiro atoms. The predicted octanol–water partition coefficient (Wildman–Crippen LogP) is -0.0296. The average molecular weight is 248 g/mol. The highest BCUT2D eigenvalue weighted by Gasteiger charge is 2.18. The number of methoxy groups -OCH3 is 1. The van der Waals surface area contributed by atoms with Crippen LogP contribution in [0.3, 0.4) is 0 Å². The molecule has 1 aromatic carbocycles. The van der Waals surface area contributed by atoms with Crippen molar-refractivity contribution in [3.63, 3.8) is 0 Å². The number of ether oxygens (including phenoxy) is 1. The molecular weight excluding hydrogens is 236 g/mol. The Labute approximate surface area is 103 Å². The minimum Gasteiger partial charge on any atom is -0.462 e. The summed E-state index contributed by atoms with van der Waals surface area (Å²) in [5.74, 6) is -1.75. The lowest BCUT2D eigenvalue weighted by Crippen LogP contribution is -2.31. The van der Waals surface area contributed by atoms with Crippen LogP contribution in [0.5, 0.6) is 0 Å². The average Bonchev–Trinajstić information content (AvgIpc) is 2.74. The number of hydrogen-bond donors (Lipinski definition) is 2. The van der Waals surface area contributed by atoms with Crippen molar-refractivity contribution in [3.8, 4) is 0 Å². The number of fused-ring (bicyclic) bond motifs is 1. The first kappa shape index (κ1) is 12.1. The third-order valence-electron chi connectivity index (χ3n) is 2.62. The number of benzene rings is 1. The number of carbonyl (C=O) groups is 3. The van der Waals surface area contributed by atoms with E-state index in [1.54, 1.807) is 12.1 Å². The fourth-order valence-corrected chi connectivity index (χ4v) is 1.74. The van der Waals surface area contributed by atoms with Gasteiger partial charge < -0.3 is 15.4 Å². The molecular formula is C12H12N2O4. The molecule has 0 saturated heterocycles. The highest BCUT2D eigenvalue weighted by molar-refractivity contribution is 6.32. The standard InChI is InChI=1S/C12H12N2O4/c1-18-12(17)11(16)13-6-7-2-3-9-8(4-7)5-10(15)14-9/h2-4H,5-6H2,1H3,(H,13,16)(H,14,15). The molecule has 0 radical (unpaired) electrons. The molecule has 2 amide bonds. The van der Waals surface area contributed by atoms with Crippen molar-refractivity contribution in [3.05, 3.63) is 29.3 Å². The van der Waals surface area contributed by atoms with Gasteiger partial charge in [0.25, 0.3) is 0 Å². The van der Waals surface area contributed by atoms with Crippen molar-refractivity contribution in [2.45, 2.75) is 13.0 Å². The second-order valence-electron chi connectivity index (χ2n) is 3.89. The molecule has 2 rings (SSSR count). The van der Waals surface area contributed by atoms with E-state index in [2.05, 4.69) is 15.4 Å². The second kappa shape index (κ2) is 4.87. The van der Waals surface area contributed by atoms with Crippen LogP contribution in [0, 0.1) is 0 Å². The molecule has 2 N–H and O–H groups in total. The summed E-state index contributed by atoms with van der Waals surface area (Å²) in [6.45, 7) is 0.218. The molecule has 1 aliphatic rings. The van der Waals surface area contributed by atoms with E-state index in [0.29, 0.717) is 6.42 Å². The van der Waals surface area contributed by atoms with Crippen LogP contribution >= 0.6 is 0 Å². The topological polar surface area (TPSA) is 84.5 Å². The van der Waals surface area contributed by atoms with Gasteiger partial charge in [0.05, 0.1) is 13.5 Å². The molecule has 0 atom stereocenters. The summed E-state index contributed by atoms with van der Waals surface area (Å²) in [4.78, 5) is 33.2. The van der Waals surface area contributed by atoms with E-state index in [1.165, 1.54) is 0 Å². The van der Waals surface area contributed by atoms with Gasteiger partial charge in [-0.05, 0) is 17.2 Å². The van der Waals surface area contributed by atoms with E-state index in [0.717, 1.165) is 23.9 Å². The van der Waals surface area contributed by atoms with E-state index in [-0.39, 0.29) is 12.5 Å². The van der Waals surface area contributed by atoms with Crippen molar-refractivity contribution in [2.24, 2.45) is 0 Å². The maximum atomic E-state index is 11.2. The summed E-state index contributed by atoms with van der Waals surface area (Å²) in [6, 6.07) is 5.38. The van der Waals surface area contributed by atoms with Gasteiger partial charge in [0.15, 0.2) is 0 Å². The number of nitrogens with one attached hydrogen (secondary N) is 2. The van der Waals surface area contributed by atoms with Gasteiger partial charge in [0.1, 0.15) is 0 Å². The van der Waals surface area contributed by atoms with Crippen LogP contribution in [-0.4, -0.2) is 24.9 Å². The molecule has 94 valence electrons. The third kappa shape index (κ3) is 2.48. The number of hydrogen-bond acceptors (Lipinski definition) is 4. The zero-order chi connectivity index (χ0) is 13.1. The molecule has 6 heteroatoms. The Kier molecular flexibility index (Phi) is 3.27. The minimum absolute atomic E-state index is 0.0410. The molecule has 18 heavy (non-hydrogen) atoms. The molecule has 0 bridgehead atoms. The van der Waals surface area contributed by atoms with Gasteiger partial charge in [-0.2, -0.15) is 0 Å². The summed E-state index contributed by atoms with van der Waals surface area (Å²) in [5.41, 5.74) is 2.51. The van der Waals surface area contributed by atoms with Gasteiger partial charge in [-0.3, -0.25) is 9.59 Å². The molecule has 0 unspecified atom stereocenters. The highest BCUT2D eigenvalue weighted by atomic mass is 16.5. The molecule has 0 saturated carbocycles. The number of amides is 2. The van der Waals surface area contributed by atoms with Crippen LogP contribution in [0.1, 0.15) is 11.1 Å². The number of esters is 1. The summed E-state index contributed by atoms with van der Waals surface area (Å²) < 4.78 is 4.28. The summed E-state index contributed by atoms with van der Waals surface area (Å²) >= 11 is 0. The molecule has 1 aliphatic heterocycles. The van der Waals surface area contributed by atoms with Crippen molar-refractivity contribution >= 4 is 23.5 Å². The molecule has 0 aromatic heterocycles. The van der Waals surface area contributed by atoms with Crippen molar-refractivity contribution in [1.82, 2.24) is 5.32 Å². The minimum atomic E-state index is -0.923. The van der Waals surface area contributed by atoms with Crippen LogP contribution < -0.4 is 10.6 Å². The van der Waals surface area contributed by atoms with E-state index in [4.69, 9.17) is 0 Å². The SMILES string of the molecule is COC(=O)C(=O)NCc1ccc2c(c1)CC(=O)N2. The Balaban J connectivity index is 1.99. The lowest BCUT2D eigenvalue weighted by atomic mass is 10.1. The van der Waals surface area contributed by atoms with E-state index in [1.807, 2.05) is 6.07 Å². The van der Waals surface area contributed by atoms with E-state index < -0.39 is 11.9 Å². The lowest BCUT2D eigenvalue weighted by molar-refractivity contribution is -0.152. The Hall–Kier alpha value is -2.37. The van der Waals surface area contributed by atoms with Crippen LogP contribution in [0.15, 0.2) is 18.2 Å². The fourth-order valence-electron chi connectivity index (χ4n) is 1.74. The largest absolute Gasteiger partial charge is 0.462 e. The second-order valence-corrected chi connectivity index (χ2v) is 3.89. The molecule has 0 fully saturated rings. The van der Waals surface area contributed by atoms with Gasteiger partial charge >= 0.3 is 11.9 Å². The van der Waals surface area contributed by atoms with Gasteiger partial charge in [-0.1, -0.05) is 12.1 Å². The number of carbonyl (C=O) groups excluding carboxylic acids is 3. The van der Waals surface area contributed by atoms with E-state index >= 15 is 0 Å². The van der Waals surface area contributed by atoms with Crippen LogP contribution in [0.2, 0.25) is 0 Å². The van der Waals surface area contributed by atoms with Crippen molar-refractivity contribution < 1.29 is 19.1 Å². The fraction of sp³-hybridized carbons (Fsp3) is 0.250. The molecule has 1 heterocycles. The van der Waals surface area contributed by atoms with Crippen molar-refractivity contribution in [1.29, 1.82) is 0 Å². The number of anilines is 1. The Morgan fingerprint density at radius 2 is 2.22 bits per heavy atom. The van der Waals surface area contributed by atoms with Gasteiger partial charge in [-0.25, -0.2) is 4.79 Å². The molecule has 0 aliphatic carbocycles. The Morgan fingerprint density at radius 1 is 1.44 bits per heavy atom. The maximum Gasteiger partial charge on any atom is 0.396 e. The quantitative estimate of drug-likeness (QED) is 0.568. The molecule has 6 nitrogen and oxygen atoms in total. The maximum absolute atomic E-state index is 11.2. The van der Waals surface area contributed by atoms with Gasteiger partial charge in [0, 0.05) is 12.2 Å².